The van der Waals surface area contributed by atoms with E-state index in [0.29, 0.717) is 27.0 Å². The van der Waals surface area contributed by atoms with E-state index < -0.39 is 5.97 Å². The summed E-state index contributed by atoms with van der Waals surface area (Å²) in [5, 5.41) is 0.915. The number of hydrogen-bond acceptors (Lipinski definition) is 4. The first kappa shape index (κ1) is 15.5. The summed E-state index contributed by atoms with van der Waals surface area (Å²) < 4.78 is 10.3. The molecule has 0 heterocycles. The van der Waals surface area contributed by atoms with E-state index in [1.165, 1.54) is 7.11 Å². The number of benzene rings is 2. The number of carbonyl (C=O) groups is 1. The lowest BCUT2D eigenvalue weighted by atomic mass is 10.2. The average Bonchev–Trinajstić information content (AvgIpc) is 2.48. The smallest absolute Gasteiger partial charge is 0.341 e. The van der Waals surface area contributed by atoms with Crippen LogP contribution in [0.25, 0.3) is 0 Å². The van der Waals surface area contributed by atoms with Crippen LogP contribution in [-0.2, 0) is 11.3 Å². The summed E-state index contributed by atoms with van der Waals surface area (Å²) in [7, 11) is 1.31. The van der Waals surface area contributed by atoms with Gasteiger partial charge >= 0.3 is 5.97 Å². The summed E-state index contributed by atoms with van der Waals surface area (Å²) in [4.78, 5) is 11.7. The monoisotopic (exact) mass is 325 g/mol. The molecule has 21 heavy (non-hydrogen) atoms. The van der Waals surface area contributed by atoms with Gasteiger partial charge in [0.05, 0.1) is 17.2 Å². The van der Waals surface area contributed by atoms with Crippen molar-refractivity contribution in [1.29, 1.82) is 0 Å². The molecule has 0 aliphatic heterocycles. The fourth-order valence-corrected chi connectivity index (χ4v) is 2.05. The zero-order valence-corrected chi connectivity index (χ0v) is 12.7. The van der Waals surface area contributed by atoms with Crippen molar-refractivity contribution in [3.05, 3.63) is 57.6 Å². The Balaban J connectivity index is 2.20. The molecule has 0 spiro atoms. The minimum Gasteiger partial charge on any atom is -0.488 e. The molecule has 0 fully saturated rings. The first-order valence-electron chi connectivity index (χ1n) is 6.06. The summed E-state index contributed by atoms with van der Waals surface area (Å²) >= 11 is 11.8. The Hall–Kier alpha value is -1.91. The van der Waals surface area contributed by atoms with E-state index in [0.717, 1.165) is 5.56 Å². The van der Waals surface area contributed by atoms with Crippen molar-refractivity contribution >= 4 is 34.9 Å². The molecular formula is C15H13Cl2NO3. The predicted molar refractivity (Wildman–Crippen MR) is 83.0 cm³/mol. The van der Waals surface area contributed by atoms with Gasteiger partial charge in [-0.25, -0.2) is 4.79 Å². The van der Waals surface area contributed by atoms with Gasteiger partial charge in [-0.3, -0.25) is 0 Å². The summed E-state index contributed by atoms with van der Waals surface area (Å²) in [6, 6.07) is 9.92. The first-order valence-corrected chi connectivity index (χ1v) is 6.81. The molecule has 0 saturated heterocycles. The van der Waals surface area contributed by atoms with Crippen molar-refractivity contribution in [2.75, 3.05) is 12.8 Å². The molecule has 0 saturated carbocycles. The topological polar surface area (TPSA) is 61.5 Å². The SMILES string of the molecule is COC(=O)c1ccc(N)cc1OCc1ccc(Cl)c(Cl)c1. The maximum absolute atomic E-state index is 11.7. The number of hydrogen-bond donors (Lipinski definition) is 1. The third kappa shape index (κ3) is 3.80. The Morgan fingerprint density at radius 3 is 2.57 bits per heavy atom. The Labute approximate surface area is 132 Å². The average molecular weight is 326 g/mol. The number of nitrogen functional groups attached to an aromatic ring is 1. The van der Waals surface area contributed by atoms with E-state index in [1.54, 1.807) is 36.4 Å². The molecule has 2 aromatic carbocycles. The number of ether oxygens (including phenoxy) is 2. The van der Waals surface area contributed by atoms with Gasteiger partial charge in [-0.1, -0.05) is 29.3 Å². The highest BCUT2D eigenvalue weighted by Gasteiger charge is 2.13. The third-order valence-electron chi connectivity index (χ3n) is 2.79. The molecule has 110 valence electrons. The second kappa shape index (κ2) is 6.70. The maximum Gasteiger partial charge on any atom is 0.341 e. The summed E-state index contributed by atoms with van der Waals surface area (Å²) in [6.07, 6.45) is 0. The lowest BCUT2D eigenvalue weighted by Gasteiger charge is -2.11. The number of carbonyl (C=O) groups excluding carboxylic acids is 1. The lowest BCUT2D eigenvalue weighted by Crippen LogP contribution is -2.06. The zero-order chi connectivity index (χ0) is 15.4. The van der Waals surface area contributed by atoms with E-state index in [1.807, 2.05) is 0 Å². The van der Waals surface area contributed by atoms with E-state index in [-0.39, 0.29) is 6.61 Å². The molecule has 0 radical (unpaired) electrons. The molecule has 0 aliphatic rings. The van der Waals surface area contributed by atoms with Crippen molar-refractivity contribution in [2.45, 2.75) is 6.61 Å². The summed E-state index contributed by atoms with van der Waals surface area (Å²) in [6.45, 7) is 0.227. The molecule has 0 atom stereocenters. The standard InChI is InChI=1S/C15H13Cl2NO3/c1-20-15(19)11-4-3-10(18)7-14(11)21-8-9-2-5-12(16)13(17)6-9/h2-7H,8,18H2,1H3. The third-order valence-corrected chi connectivity index (χ3v) is 3.53. The normalized spacial score (nSPS) is 10.2. The highest BCUT2D eigenvalue weighted by Crippen LogP contribution is 2.26. The summed E-state index contributed by atoms with van der Waals surface area (Å²) in [5.74, 6) is -0.132. The van der Waals surface area contributed by atoms with E-state index in [9.17, 15) is 4.79 Å². The quantitative estimate of drug-likeness (QED) is 0.683. The highest BCUT2D eigenvalue weighted by molar-refractivity contribution is 6.42. The van der Waals surface area contributed by atoms with Crippen molar-refractivity contribution in [2.24, 2.45) is 0 Å². The van der Waals surface area contributed by atoms with Crippen LogP contribution >= 0.6 is 23.2 Å². The minimum atomic E-state index is -0.487. The van der Waals surface area contributed by atoms with Gasteiger partial charge in [0.1, 0.15) is 17.9 Å². The van der Waals surface area contributed by atoms with Crippen molar-refractivity contribution in [1.82, 2.24) is 0 Å². The van der Waals surface area contributed by atoms with E-state index in [2.05, 4.69) is 0 Å². The van der Waals surface area contributed by atoms with Crippen molar-refractivity contribution < 1.29 is 14.3 Å². The predicted octanol–water partition coefficient (Wildman–Crippen LogP) is 3.94. The summed E-state index contributed by atoms with van der Waals surface area (Å²) in [5.41, 5.74) is 7.34. The van der Waals surface area contributed by atoms with Crippen LogP contribution in [0.5, 0.6) is 5.75 Å². The van der Waals surface area contributed by atoms with Crippen LogP contribution in [0.15, 0.2) is 36.4 Å². The number of methoxy groups -OCH3 is 1. The maximum atomic E-state index is 11.7. The molecule has 0 aliphatic carbocycles. The largest absolute Gasteiger partial charge is 0.488 e. The molecule has 0 unspecified atom stereocenters. The van der Waals surface area contributed by atoms with Crippen LogP contribution < -0.4 is 10.5 Å². The molecular weight excluding hydrogens is 313 g/mol. The van der Waals surface area contributed by atoms with Crippen LogP contribution in [0, 0.1) is 0 Å². The van der Waals surface area contributed by atoms with Crippen LogP contribution in [0.3, 0.4) is 0 Å². The van der Waals surface area contributed by atoms with Crippen molar-refractivity contribution in [3.63, 3.8) is 0 Å². The lowest BCUT2D eigenvalue weighted by molar-refractivity contribution is 0.0595. The molecule has 4 nitrogen and oxygen atoms in total. The minimum absolute atomic E-state index is 0.227. The first-order chi connectivity index (χ1) is 10.0. The van der Waals surface area contributed by atoms with Crippen LogP contribution in [-0.4, -0.2) is 13.1 Å². The highest BCUT2D eigenvalue weighted by atomic mass is 35.5. The Bertz CT molecular complexity index is 674. The number of nitrogens with two attached hydrogens (primary N) is 1. The molecule has 2 N–H and O–H groups in total. The van der Waals surface area contributed by atoms with Gasteiger partial charge < -0.3 is 15.2 Å². The van der Waals surface area contributed by atoms with Crippen LogP contribution in [0.1, 0.15) is 15.9 Å². The fraction of sp³-hybridized carbons (Fsp3) is 0.133. The zero-order valence-electron chi connectivity index (χ0n) is 11.2. The molecule has 0 amide bonds. The number of anilines is 1. The van der Waals surface area contributed by atoms with Gasteiger partial charge in [0.15, 0.2) is 0 Å². The van der Waals surface area contributed by atoms with Gasteiger partial charge in [0, 0.05) is 11.8 Å². The number of esters is 1. The Morgan fingerprint density at radius 2 is 1.90 bits per heavy atom. The molecule has 2 aromatic rings. The molecule has 0 bridgehead atoms. The van der Waals surface area contributed by atoms with Gasteiger partial charge in [-0.2, -0.15) is 0 Å². The van der Waals surface area contributed by atoms with Gasteiger partial charge in [-0.05, 0) is 29.8 Å². The second-order valence-corrected chi connectivity index (χ2v) is 5.10. The van der Waals surface area contributed by atoms with Gasteiger partial charge in [-0.15, -0.1) is 0 Å². The molecule has 0 aromatic heterocycles. The Kier molecular flexibility index (Phi) is 4.94. The van der Waals surface area contributed by atoms with E-state index >= 15 is 0 Å². The Morgan fingerprint density at radius 1 is 1.14 bits per heavy atom. The van der Waals surface area contributed by atoms with Crippen molar-refractivity contribution in [3.8, 4) is 5.75 Å². The molecule has 6 heteroatoms. The van der Waals surface area contributed by atoms with Gasteiger partial charge in [0.2, 0.25) is 0 Å². The fourth-order valence-electron chi connectivity index (χ4n) is 1.73. The second-order valence-electron chi connectivity index (χ2n) is 4.28. The van der Waals surface area contributed by atoms with Crippen LogP contribution in [0.2, 0.25) is 10.0 Å². The molecule has 2 rings (SSSR count). The number of rotatable bonds is 4. The van der Waals surface area contributed by atoms with Crippen LogP contribution in [0.4, 0.5) is 5.69 Å². The van der Waals surface area contributed by atoms with E-state index in [4.69, 9.17) is 38.4 Å². The van der Waals surface area contributed by atoms with Gasteiger partial charge in [0.25, 0.3) is 0 Å². The number of halogens is 2.